The number of piperazine rings is 1. The van der Waals surface area contributed by atoms with Crippen LogP contribution in [-0.4, -0.2) is 61.7 Å². The van der Waals surface area contributed by atoms with Crippen LogP contribution in [0.4, 0.5) is 5.69 Å². The number of hydrogen-bond acceptors (Lipinski definition) is 4. The van der Waals surface area contributed by atoms with Crippen molar-refractivity contribution in [1.29, 1.82) is 0 Å². The van der Waals surface area contributed by atoms with Crippen molar-refractivity contribution in [3.63, 3.8) is 0 Å². The molecule has 1 atom stereocenters. The molecule has 1 aromatic rings. The molecule has 0 saturated carbocycles. The highest BCUT2D eigenvalue weighted by Gasteiger charge is 2.21. The van der Waals surface area contributed by atoms with Crippen molar-refractivity contribution in [2.45, 2.75) is 6.04 Å². The van der Waals surface area contributed by atoms with Crippen molar-refractivity contribution in [3.05, 3.63) is 30.3 Å². The molecule has 3 rings (SSSR count). The number of nitrogens with one attached hydrogen (secondary N) is 1. The minimum Gasteiger partial charge on any atom is -0.369 e. The zero-order chi connectivity index (χ0) is 12.9. The highest BCUT2D eigenvalue weighted by Crippen LogP contribution is 2.16. The van der Waals surface area contributed by atoms with Crippen LogP contribution < -0.4 is 10.2 Å². The third kappa shape index (κ3) is 3.65. The minimum atomic E-state index is 0.696. The van der Waals surface area contributed by atoms with Gasteiger partial charge in [-0.15, -0.1) is 0 Å². The molecule has 3 nitrogen and oxygen atoms in total. The van der Waals surface area contributed by atoms with E-state index in [2.05, 4.69) is 57.2 Å². The van der Waals surface area contributed by atoms with Gasteiger partial charge in [0.05, 0.1) is 0 Å². The van der Waals surface area contributed by atoms with Gasteiger partial charge in [0.15, 0.2) is 0 Å². The van der Waals surface area contributed by atoms with E-state index in [1.54, 1.807) is 0 Å². The summed E-state index contributed by atoms with van der Waals surface area (Å²) in [6, 6.07) is 11.5. The second-order valence-corrected chi connectivity index (χ2v) is 6.50. The number of nitrogens with zero attached hydrogens (tertiary/aromatic N) is 2. The molecule has 0 aromatic heterocycles. The Labute approximate surface area is 120 Å². The van der Waals surface area contributed by atoms with Gasteiger partial charge >= 0.3 is 0 Å². The van der Waals surface area contributed by atoms with E-state index in [9.17, 15) is 0 Å². The van der Waals surface area contributed by atoms with Crippen molar-refractivity contribution >= 4 is 17.4 Å². The number of benzene rings is 1. The Morgan fingerprint density at radius 2 is 1.89 bits per heavy atom. The fraction of sp³-hybridized carbons (Fsp3) is 0.600. The predicted octanol–water partition coefficient (Wildman–Crippen LogP) is 1.51. The van der Waals surface area contributed by atoms with Crippen LogP contribution in [0.25, 0.3) is 0 Å². The monoisotopic (exact) mass is 277 g/mol. The van der Waals surface area contributed by atoms with Crippen molar-refractivity contribution in [2.75, 3.05) is 55.7 Å². The summed E-state index contributed by atoms with van der Waals surface area (Å²) in [5.74, 6) is 2.55. The van der Waals surface area contributed by atoms with Gasteiger partial charge in [0.2, 0.25) is 0 Å². The molecule has 2 aliphatic heterocycles. The van der Waals surface area contributed by atoms with Crippen molar-refractivity contribution in [1.82, 2.24) is 10.2 Å². The number of para-hydroxylation sites is 1. The molecule has 4 heteroatoms. The van der Waals surface area contributed by atoms with E-state index in [0.717, 1.165) is 13.1 Å². The van der Waals surface area contributed by atoms with Gasteiger partial charge in [-0.1, -0.05) is 18.2 Å². The summed E-state index contributed by atoms with van der Waals surface area (Å²) in [4.78, 5) is 5.11. The SMILES string of the molecule is c1ccc(N2CCN(CC3CSCCN3)CC2)cc1. The van der Waals surface area contributed by atoms with Crippen LogP contribution in [0.1, 0.15) is 0 Å². The molecule has 1 N–H and O–H groups in total. The second-order valence-electron chi connectivity index (χ2n) is 5.35. The fourth-order valence-electron chi connectivity index (χ4n) is 2.88. The van der Waals surface area contributed by atoms with Gasteiger partial charge in [-0.3, -0.25) is 4.90 Å². The Hall–Kier alpha value is -0.710. The molecule has 0 aliphatic carbocycles. The topological polar surface area (TPSA) is 18.5 Å². The number of rotatable bonds is 3. The standard InChI is InChI=1S/C15H23N3S/c1-2-4-15(5-3-1)18-9-7-17(8-10-18)12-14-13-19-11-6-16-14/h1-5,14,16H,6-13H2. The summed E-state index contributed by atoms with van der Waals surface area (Å²) in [6.07, 6.45) is 0. The third-order valence-electron chi connectivity index (χ3n) is 3.97. The van der Waals surface area contributed by atoms with Gasteiger partial charge in [-0.05, 0) is 12.1 Å². The molecule has 2 saturated heterocycles. The first-order valence-electron chi connectivity index (χ1n) is 7.25. The van der Waals surface area contributed by atoms with Crippen LogP contribution in [-0.2, 0) is 0 Å². The fourth-order valence-corrected chi connectivity index (χ4v) is 3.81. The average Bonchev–Trinajstić information content (AvgIpc) is 2.50. The van der Waals surface area contributed by atoms with Gasteiger partial charge in [0.25, 0.3) is 0 Å². The molecule has 104 valence electrons. The van der Waals surface area contributed by atoms with Crippen molar-refractivity contribution in [3.8, 4) is 0 Å². The van der Waals surface area contributed by atoms with Crippen LogP contribution in [0.15, 0.2) is 30.3 Å². The summed E-state index contributed by atoms with van der Waals surface area (Å²) in [5, 5.41) is 3.63. The normalized spacial score (nSPS) is 25.5. The first-order chi connectivity index (χ1) is 9.42. The van der Waals surface area contributed by atoms with E-state index in [1.165, 1.54) is 43.4 Å². The Bertz CT molecular complexity index is 370. The van der Waals surface area contributed by atoms with Gasteiger partial charge in [0, 0.05) is 62.5 Å². The molecule has 1 unspecified atom stereocenters. The summed E-state index contributed by atoms with van der Waals surface area (Å²) in [5.41, 5.74) is 1.37. The maximum absolute atomic E-state index is 3.63. The van der Waals surface area contributed by atoms with E-state index in [0.29, 0.717) is 6.04 Å². The Morgan fingerprint density at radius 1 is 1.11 bits per heavy atom. The molecule has 2 heterocycles. The highest BCUT2D eigenvalue weighted by molar-refractivity contribution is 7.99. The summed E-state index contributed by atoms with van der Waals surface area (Å²) in [7, 11) is 0. The molecule has 1 aromatic carbocycles. The van der Waals surface area contributed by atoms with E-state index in [4.69, 9.17) is 0 Å². The maximum atomic E-state index is 3.63. The second kappa shape index (κ2) is 6.64. The van der Waals surface area contributed by atoms with E-state index in [1.807, 2.05) is 0 Å². The average molecular weight is 277 g/mol. The lowest BCUT2D eigenvalue weighted by Crippen LogP contribution is -2.52. The number of anilines is 1. The zero-order valence-electron chi connectivity index (χ0n) is 11.4. The van der Waals surface area contributed by atoms with E-state index < -0.39 is 0 Å². The molecule has 0 spiro atoms. The zero-order valence-corrected chi connectivity index (χ0v) is 12.2. The van der Waals surface area contributed by atoms with Crippen LogP contribution >= 0.6 is 11.8 Å². The van der Waals surface area contributed by atoms with Crippen LogP contribution in [0.2, 0.25) is 0 Å². The largest absolute Gasteiger partial charge is 0.369 e. The van der Waals surface area contributed by atoms with Crippen LogP contribution in [0.3, 0.4) is 0 Å². The highest BCUT2D eigenvalue weighted by atomic mass is 32.2. The number of thioether (sulfide) groups is 1. The Balaban J connectivity index is 1.46. The van der Waals surface area contributed by atoms with Crippen molar-refractivity contribution in [2.24, 2.45) is 0 Å². The lowest BCUT2D eigenvalue weighted by molar-refractivity contribution is 0.235. The third-order valence-corrected chi connectivity index (χ3v) is 5.10. The summed E-state index contributed by atoms with van der Waals surface area (Å²) >= 11 is 2.09. The smallest absolute Gasteiger partial charge is 0.0367 e. The minimum absolute atomic E-state index is 0.696. The van der Waals surface area contributed by atoms with Gasteiger partial charge < -0.3 is 10.2 Å². The Morgan fingerprint density at radius 3 is 2.58 bits per heavy atom. The molecule has 19 heavy (non-hydrogen) atoms. The summed E-state index contributed by atoms with van der Waals surface area (Å²) < 4.78 is 0. The number of hydrogen-bond donors (Lipinski definition) is 1. The van der Waals surface area contributed by atoms with Gasteiger partial charge in [0.1, 0.15) is 0 Å². The summed E-state index contributed by atoms with van der Waals surface area (Å²) in [6.45, 7) is 7.10. The van der Waals surface area contributed by atoms with Crippen LogP contribution in [0.5, 0.6) is 0 Å². The maximum Gasteiger partial charge on any atom is 0.0367 e. The predicted molar refractivity (Wildman–Crippen MR) is 84.2 cm³/mol. The molecular formula is C15H23N3S. The van der Waals surface area contributed by atoms with Crippen LogP contribution in [0, 0.1) is 0 Å². The molecule has 0 amide bonds. The van der Waals surface area contributed by atoms with E-state index >= 15 is 0 Å². The lowest BCUT2D eigenvalue weighted by Gasteiger charge is -2.38. The van der Waals surface area contributed by atoms with Gasteiger partial charge in [-0.2, -0.15) is 11.8 Å². The molecule has 0 radical (unpaired) electrons. The molecule has 0 bridgehead atoms. The molecule has 2 aliphatic rings. The van der Waals surface area contributed by atoms with Gasteiger partial charge in [-0.25, -0.2) is 0 Å². The molecular weight excluding hydrogens is 254 g/mol. The quantitative estimate of drug-likeness (QED) is 0.902. The van der Waals surface area contributed by atoms with E-state index in [-0.39, 0.29) is 0 Å². The first kappa shape index (κ1) is 13.3. The molecule has 2 fully saturated rings. The Kier molecular flexibility index (Phi) is 4.64. The first-order valence-corrected chi connectivity index (χ1v) is 8.41. The van der Waals surface area contributed by atoms with Crippen molar-refractivity contribution < 1.29 is 0 Å². The lowest BCUT2D eigenvalue weighted by atomic mass is 10.2.